The molecule has 4 rings (SSSR count). The number of carbonyl (C=O) groups excluding carboxylic acids is 2. The second-order valence-electron chi connectivity index (χ2n) is 9.47. The number of anilines is 2. The number of alkyl halides is 2. The van der Waals surface area contributed by atoms with Gasteiger partial charge in [0.1, 0.15) is 17.4 Å². The van der Waals surface area contributed by atoms with E-state index in [1.807, 2.05) is 0 Å². The van der Waals surface area contributed by atoms with E-state index in [0.717, 1.165) is 29.2 Å². The molecule has 2 heterocycles. The smallest absolute Gasteiger partial charge is 0.387 e. The highest BCUT2D eigenvalue weighted by atomic mass is 32.2. The largest absolute Gasteiger partial charge is 0.435 e. The lowest BCUT2D eigenvalue weighted by atomic mass is 9.85. The third kappa shape index (κ3) is 4.46. The number of benzene rings is 2. The molecule has 2 aromatic carbocycles. The predicted molar refractivity (Wildman–Crippen MR) is 119 cm³/mol. The van der Waals surface area contributed by atoms with Crippen molar-refractivity contribution in [1.29, 1.82) is 0 Å². The highest BCUT2D eigenvalue weighted by Gasteiger charge is 2.48. The predicted octanol–water partition coefficient (Wildman–Crippen LogP) is 3.83. The molecule has 7 nitrogen and oxygen atoms in total. The molecule has 35 heavy (non-hydrogen) atoms. The first kappa shape index (κ1) is 25.0. The first-order valence-electron chi connectivity index (χ1n) is 10.6. The summed E-state index contributed by atoms with van der Waals surface area (Å²) in [5.41, 5.74) is -3.31. The third-order valence-corrected chi connectivity index (χ3v) is 8.17. The lowest BCUT2D eigenvalue weighted by Gasteiger charge is -2.24. The molecule has 2 aliphatic heterocycles. The summed E-state index contributed by atoms with van der Waals surface area (Å²) in [6, 6.07) is 4.79. The average Bonchev–Trinajstić information content (AvgIpc) is 3.12. The number of fused-ring (bicyclic) bond motifs is 1. The first-order valence-corrected chi connectivity index (χ1v) is 12.4. The molecule has 2 aliphatic rings. The zero-order chi connectivity index (χ0) is 25.9. The van der Waals surface area contributed by atoms with Gasteiger partial charge in [-0.25, -0.2) is 17.2 Å². The van der Waals surface area contributed by atoms with Crippen LogP contribution in [0.5, 0.6) is 5.75 Å². The fourth-order valence-corrected chi connectivity index (χ4v) is 6.55. The third-order valence-electron chi connectivity index (χ3n) is 6.26. The quantitative estimate of drug-likeness (QED) is 0.613. The molecule has 2 aromatic rings. The Bertz CT molecular complexity index is 1350. The van der Waals surface area contributed by atoms with Gasteiger partial charge in [0, 0.05) is 11.6 Å². The second kappa shape index (κ2) is 8.21. The minimum Gasteiger partial charge on any atom is -0.435 e. The number of carbonyl (C=O) groups is 2. The van der Waals surface area contributed by atoms with Gasteiger partial charge in [-0.2, -0.15) is 8.78 Å². The summed E-state index contributed by atoms with van der Waals surface area (Å²) in [5.74, 6) is -4.23. The Labute approximate surface area is 199 Å². The van der Waals surface area contributed by atoms with E-state index >= 15 is 4.39 Å². The molecule has 1 fully saturated rings. The van der Waals surface area contributed by atoms with Crippen LogP contribution in [0, 0.1) is 11.6 Å². The van der Waals surface area contributed by atoms with Gasteiger partial charge in [0.2, 0.25) is 5.91 Å². The number of halogens is 4. The Hall–Kier alpha value is -3.15. The number of rotatable bonds is 5. The number of hydrogen-bond donors (Lipinski definition) is 1. The van der Waals surface area contributed by atoms with Gasteiger partial charge in [-0.05, 0) is 57.0 Å². The second-order valence-corrected chi connectivity index (χ2v) is 11.7. The van der Waals surface area contributed by atoms with Crippen LogP contribution in [0.2, 0.25) is 0 Å². The molecule has 0 unspecified atom stereocenters. The van der Waals surface area contributed by atoms with E-state index in [0.29, 0.717) is 0 Å². The summed E-state index contributed by atoms with van der Waals surface area (Å²) in [5, 5.41) is 2.63. The van der Waals surface area contributed by atoms with Crippen LogP contribution >= 0.6 is 0 Å². The van der Waals surface area contributed by atoms with Gasteiger partial charge in [0.15, 0.2) is 9.84 Å². The zero-order valence-corrected chi connectivity index (χ0v) is 19.8. The molecule has 0 saturated carbocycles. The number of nitrogens with one attached hydrogen (secondary N) is 1. The van der Waals surface area contributed by atoms with Gasteiger partial charge >= 0.3 is 6.61 Å². The fourth-order valence-electron chi connectivity index (χ4n) is 4.46. The van der Waals surface area contributed by atoms with Gasteiger partial charge in [0.25, 0.3) is 5.91 Å². The summed E-state index contributed by atoms with van der Waals surface area (Å²) in [4.78, 5) is 26.9. The standard InChI is InChI=1S/C23H22F4N2O5S/c1-22(2)14-8-12(19(30)28-23(3)6-7-35(32,33)11-23)9-16(25)18(14)29(20(22)31)17-10-13(34-21(26)27)4-5-15(17)24/h4-5,8-10,21H,6-7,11H2,1-3H3,(H,28,30)/t23-/m1/s1. The van der Waals surface area contributed by atoms with Gasteiger partial charge < -0.3 is 10.1 Å². The molecule has 0 aromatic heterocycles. The van der Waals surface area contributed by atoms with Crippen LogP contribution in [0.25, 0.3) is 0 Å². The van der Waals surface area contributed by atoms with Crippen LogP contribution in [0.15, 0.2) is 30.3 Å². The first-order chi connectivity index (χ1) is 16.1. The maximum absolute atomic E-state index is 15.4. The topological polar surface area (TPSA) is 92.8 Å². The van der Waals surface area contributed by atoms with Gasteiger partial charge in [-0.1, -0.05) is 0 Å². The molecule has 0 radical (unpaired) electrons. The van der Waals surface area contributed by atoms with Crippen molar-refractivity contribution in [1.82, 2.24) is 5.32 Å². The molecule has 188 valence electrons. The van der Waals surface area contributed by atoms with Crippen LogP contribution in [-0.4, -0.2) is 43.9 Å². The van der Waals surface area contributed by atoms with E-state index in [4.69, 9.17) is 0 Å². The number of ether oxygens (including phenoxy) is 1. The Balaban J connectivity index is 1.75. The Morgan fingerprint density at radius 3 is 2.40 bits per heavy atom. The Kier molecular flexibility index (Phi) is 5.86. The zero-order valence-electron chi connectivity index (χ0n) is 19.0. The van der Waals surface area contributed by atoms with E-state index in [2.05, 4.69) is 10.1 Å². The van der Waals surface area contributed by atoms with Crippen molar-refractivity contribution in [3.05, 3.63) is 53.1 Å². The summed E-state index contributed by atoms with van der Waals surface area (Å²) < 4.78 is 83.3. The van der Waals surface area contributed by atoms with Crippen molar-refractivity contribution in [3.63, 3.8) is 0 Å². The maximum Gasteiger partial charge on any atom is 0.387 e. The molecular weight excluding hydrogens is 492 g/mol. The van der Waals surface area contributed by atoms with Crippen molar-refractivity contribution >= 4 is 33.0 Å². The maximum atomic E-state index is 15.4. The van der Waals surface area contributed by atoms with Crippen LogP contribution in [0.1, 0.15) is 43.1 Å². The summed E-state index contributed by atoms with van der Waals surface area (Å²) >= 11 is 0. The molecule has 0 spiro atoms. The van der Waals surface area contributed by atoms with Crippen molar-refractivity contribution in [2.45, 2.75) is 44.8 Å². The molecule has 0 bridgehead atoms. The lowest BCUT2D eigenvalue weighted by Crippen LogP contribution is -2.47. The molecule has 1 saturated heterocycles. The van der Waals surface area contributed by atoms with E-state index in [1.54, 1.807) is 6.92 Å². The monoisotopic (exact) mass is 514 g/mol. The van der Waals surface area contributed by atoms with Crippen molar-refractivity contribution in [2.24, 2.45) is 0 Å². The number of sulfone groups is 1. The molecule has 0 aliphatic carbocycles. The summed E-state index contributed by atoms with van der Waals surface area (Å²) in [6.45, 7) is 1.29. The molecule has 1 atom stereocenters. The van der Waals surface area contributed by atoms with Gasteiger partial charge in [-0.3, -0.25) is 14.5 Å². The van der Waals surface area contributed by atoms with Gasteiger partial charge in [0.05, 0.1) is 33.8 Å². The van der Waals surface area contributed by atoms with Gasteiger partial charge in [-0.15, -0.1) is 0 Å². The molecule has 1 N–H and O–H groups in total. The highest BCUT2D eigenvalue weighted by molar-refractivity contribution is 7.91. The summed E-state index contributed by atoms with van der Waals surface area (Å²) in [6.07, 6.45) is 0.197. The number of amides is 2. The minimum atomic E-state index is -3.31. The van der Waals surface area contributed by atoms with Crippen LogP contribution < -0.4 is 15.0 Å². The van der Waals surface area contributed by atoms with Crippen LogP contribution in [0.4, 0.5) is 28.9 Å². The minimum absolute atomic E-state index is 0.0800. The van der Waals surface area contributed by atoms with Crippen LogP contribution in [-0.2, 0) is 20.0 Å². The molecular formula is C23H22F4N2O5S. The van der Waals surface area contributed by atoms with E-state index in [1.165, 1.54) is 19.9 Å². The van der Waals surface area contributed by atoms with Crippen molar-refractivity contribution in [2.75, 3.05) is 16.4 Å². The average molecular weight is 514 g/mol. The molecule has 2 amide bonds. The fraction of sp³-hybridized carbons (Fsp3) is 0.391. The normalized spacial score (nSPS) is 22.4. The Morgan fingerprint density at radius 2 is 1.80 bits per heavy atom. The Morgan fingerprint density at radius 1 is 1.11 bits per heavy atom. The van der Waals surface area contributed by atoms with Crippen LogP contribution in [0.3, 0.4) is 0 Å². The van der Waals surface area contributed by atoms with Crippen molar-refractivity contribution < 1.29 is 40.3 Å². The lowest BCUT2D eigenvalue weighted by molar-refractivity contribution is -0.121. The summed E-state index contributed by atoms with van der Waals surface area (Å²) in [7, 11) is -3.31. The van der Waals surface area contributed by atoms with Crippen molar-refractivity contribution in [3.8, 4) is 5.75 Å². The van der Waals surface area contributed by atoms with E-state index in [9.17, 15) is 31.2 Å². The van der Waals surface area contributed by atoms with E-state index in [-0.39, 0.29) is 34.7 Å². The van der Waals surface area contributed by atoms with E-state index < -0.39 is 62.3 Å². The molecule has 12 heteroatoms. The number of nitrogens with zero attached hydrogens (tertiary/aromatic N) is 1. The highest BCUT2D eigenvalue weighted by Crippen LogP contribution is 2.48. The SMILES string of the molecule is CC1(C)C(=O)N(c2cc(OC(F)F)ccc2F)c2c(F)cc(C(=O)N[C@]3(C)CCS(=O)(=O)C3)cc21. The number of hydrogen-bond acceptors (Lipinski definition) is 5.